The number of sulfonamides is 1. The van der Waals surface area contributed by atoms with E-state index in [2.05, 4.69) is 16.8 Å². The number of nitrogens with zero attached hydrogens (tertiary/aromatic N) is 1. The molecule has 0 bridgehead atoms. The average molecular weight is 336 g/mol. The molecule has 0 unspecified atom stereocenters. The van der Waals surface area contributed by atoms with Gasteiger partial charge in [-0.15, -0.1) is 0 Å². The highest BCUT2D eigenvalue weighted by atomic mass is 32.2. The molecule has 1 atom stereocenters. The molecule has 2 rings (SSSR count). The van der Waals surface area contributed by atoms with Gasteiger partial charge >= 0.3 is 0 Å². The van der Waals surface area contributed by atoms with Crippen molar-refractivity contribution in [3.05, 3.63) is 46.8 Å². The van der Waals surface area contributed by atoms with Crippen LogP contribution < -0.4 is 4.72 Å². The number of hydrogen-bond acceptors (Lipinski definition) is 4. The van der Waals surface area contributed by atoms with Crippen LogP contribution in [0.5, 0.6) is 0 Å². The molecule has 0 saturated heterocycles. The van der Waals surface area contributed by atoms with E-state index in [4.69, 9.17) is 4.52 Å². The number of aryl methyl sites for hydroxylation is 3. The van der Waals surface area contributed by atoms with Gasteiger partial charge in [0.05, 0.1) is 0 Å². The summed E-state index contributed by atoms with van der Waals surface area (Å²) < 4.78 is 33.3. The second kappa shape index (κ2) is 6.84. The third kappa shape index (κ3) is 3.82. The van der Waals surface area contributed by atoms with Crippen LogP contribution in [-0.4, -0.2) is 13.6 Å². The molecule has 0 fully saturated rings. The van der Waals surface area contributed by atoms with Gasteiger partial charge in [-0.1, -0.05) is 50.2 Å². The maximum Gasteiger partial charge on any atom is 0.246 e. The highest BCUT2D eigenvalue weighted by Crippen LogP contribution is 2.27. The summed E-state index contributed by atoms with van der Waals surface area (Å²) in [7, 11) is -3.69. The van der Waals surface area contributed by atoms with Crippen molar-refractivity contribution < 1.29 is 12.9 Å². The number of aromatic nitrogens is 1. The minimum absolute atomic E-state index is 0.109. The first kappa shape index (κ1) is 17.7. The summed E-state index contributed by atoms with van der Waals surface area (Å²) >= 11 is 0. The van der Waals surface area contributed by atoms with Gasteiger partial charge in [0, 0.05) is 6.04 Å². The van der Waals surface area contributed by atoms with Crippen LogP contribution in [0.2, 0.25) is 0 Å². The van der Waals surface area contributed by atoms with Crippen molar-refractivity contribution in [1.29, 1.82) is 0 Å². The molecule has 5 nitrogen and oxygen atoms in total. The van der Waals surface area contributed by atoms with Crippen LogP contribution in [0.3, 0.4) is 0 Å². The van der Waals surface area contributed by atoms with Gasteiger partial charge in [-0.25, -0.2) is 13.1 Å². The predicted molar refractivity (Wildman–Crippen MR) is 89.7 cm³/mol. The van der Waals surface area contributed by atoms with Crippen molar-refractivity contribution in [2.45, 2.75) is 52.0 Å². The smallest absolute Gasteiger partial charge is 0.246 e. The van der Waals surface area contributed by atoms with Crippen LogP contribution >= 0.6 is 0 Å². The molecule has 0 radical (unpaired) electrons. The minimum atomic E-state index is -3.69. The van der Waals surface area contributed by atoms with Crippen LogP contribution in [0.15, 0.2) is 33.7 Å². The van der Waals surface area contributed by atoms with E-state index in [9.17, 15) is 8.42 Å². The van der Waals surface area contributed by atoms with Crippen LogP contribution in [0, 0.1) is 19.8 Å². The molecule has 23 heavy (non-hydrogen) atoms. The van der Waals surface area contributed by atoms with E-state index in [1.807, 2.05) is 38.1 Å². The second-order valence-corrected chi connectivity index (χ2v) is 7.74. The van der Waals surface area contributed by atoms with Crippen molar-refractivity contribution in [1.82, 2.24) is 9.88 Å². The van der Waals surface area contributed by atoms with Crippen molar-refractivity contribution in [3.63, 3.8) is 0 Å². The Kier molecular flexibility index (Phi) is 5.26. The third-order valence-corrected chi connectivity index (χ3v) is 5.62. The molecular weight excluding hydrogens is 312 g/mol. The molecule has 0 aliphatic heterocycles. The number of hydrogen-bond donors (Lipinski definition) is 1. The molecule has 0 aliphatic carbocycles. The van der Waals surface area contributed by atoms with Crippen molar-refractivity contribution in [3.8, 4) is 0 Å². The standard InChI is InChI=1S/C17H24N2O3S/c1-6-14-7-9-15(10-8-14)16(11(2)3)19-23(20,21)17-12(4)18-22-13(17)5/h7-11,16,19H,6H2,1-5H3/t16-/m1/s1. The Balaban J connectivity index is 2.35. The zero-order valence-electron chi connectivity index (χ0n) is 14.3. The van der Waals surface area contributed by atoms with Crippen molar-refractivity contribution in [2.24, 2.45) is 5.92 Å². The topological polar surface area (TPSA) is 72.2 Å². The van der Waals surface area contributed by atoms with Crippen LogP contribution in [0.4, 0.5) is 0 Å². The predicted octanol–water partition coefficient (Wildman–Crippen LogP) is 3.53. The van der Waals surface area contributed by atoms with Crippen LogP contribution in [0.25, 0.3) is 0 Å². The normalized spacial score (nSPS) is 13.5. The maximum absolute atomic E-state index is 12.7. The van der Waals surface area contributed by atoms with Gasteiger partial charge in [0.25, 0.3) is 0 Å². The molecule has 0 amide bonds. The highest BCUT2D eigenvalue weighted by molar-refractivity contribution is 7.89. The molecule has 6 heteroatoms. The molecule has 1 heterocycles. The Morgan fingerprint density at radius 1 is 1.17 bits per heavy atom. The fourth-order valence-electron chi connectivity index (χ4n) is 2.63. The number of nitrogens with one attached hydrogen (secondary N) is 1. The minimum Gasteiger partial charge on any atom is -0.360 e. The lowest BCUT2D eigenvalue weighted by atomic mass is 9.96. The zero-order valence-corrected chi connectivity index (χ0v) is 15.1. The Hall–Kier alpha value is -1.66. The summed E-state index contributed by atoms with van der Waals surface area (Å²) in [5.74, 6) is 0.413. The Labute approximate surface area is 138 Å². The van der Waals surface area contributed by atoms with Crippen molar-refractivity contribution in [2.75, 3.05) is 0 Å². The summed E-state index contributed by atoms with van der Waals surface area (Å²) in [6.45, 7) is 9.32. The monoisotopic (exact) mass is 336 g/mol. The lowest BCUT2D eigenvalue weighted by Crippen LogP contribution is -2.32. The highest BCUT2D eigenvalue weighted by Gasteiger charge is 2.29. The fraction of sp³-hybridized carbons (Fsp3) is 0.471. The molecular formula is C17H24N2O3S. The molecule has 0 aliphatic rings. The third-order valence-electron chi connectivity index (χ3n) is 3.93. The van der Waals surface area contributed by atoms with E-state index in [1.165, 1.54) is 5.56 Å². The van der Waals surface area contributed by atoms with E-state index in [0.29, 0.717) is 11.5 Å². The van der Waals surface area contributed by atoms with Gasteiger partial charge in [-0.3, -0.25) is 0 Å². The second-order valence-electron chi connectivity index (χ2n) is 6.09. The van der Waals surface area contributed by atoms with Gasteiger partial charge < -0.3 is 4.52 Å². The summed E-state index contributed by atoms with van der Waals surface area (Å²) in [5, 5.41) is 3.74. The SMILES string of the molecule is CCc1ccc([C@H](NS(=O)(=O)c2c(C)noc2C)C(C)C)cc1. The van der Waals surface area contributed by atoms with E-state index < -0.39 is 10.0 Å². The van der Waals surface area contributed by atoms with E-state index in [1.54, 1.807) is 13.8 Å². The molecule has 0 saturated carbocycles. The molecule has 126 valence electrons. The van der Waals surface area contributed by atoms with Gasteiger partial charge in [-0.05, 0) is 37.3 Å². The Bertz CT molecular complexity index is 742. The maximum atomic E-state index is 12.7. The summed E-state index contributed by atoms with van der Waals surface area (Å²) in [4.78, 5) is 0.133. The molecule has 1 aromatic carbocycles. The molecule has 2 aromatic rings. The van der Waals surface area contributed by atoms with Gasteiger partial charge in [0.1, 0.15) is 10.6 Å². The largest absolute Gasteiger partial charge is 0.360 e. The quantitative estimate of drug-likeness (QED) is 0.876. The molecule has 1 aromatic heterocycles. The van der Waals surface area contributed by atoms with Crippen LogP contribution in [0.1, 0.15) is 49.4 Å². The van der Waals surface area contributed by atoms with E-state index in [0.717, 1.165) is 12.0 Å². The molecule has 0 spiro atoms. The first-order valence-corrected chi connectivity index (χ1v) is 9.28. The molecule has 1 N–H and O–H groups in total. The van der Waals surface area contributed by atoms with Gasteiger partial charge in [-0.2, -0.15) is 0 Å². The van der Waals surface area contributed by atoms with Gasteiger partial charge in [0.15, 0.2) is 5.76 Å². The van der Waals surface area contributed by atoms with Crippen LogP contribution in [-0.2, 0) is 16.4 Å². The first-order chi connectivity index (χ1) is 10.8. The fourth-order valence-corrected chi connectivity index (χ4v) is 4.34. The lowest BCUT2D eigenvalue weighted by Gasteiger charge is -2.23. The van der Waals surface area contributed by atoms with Crippen molar-refractivity contribution >= 4 is 10.0 Å². The summed E-state index contributed by atoms with van der Waals surface area (Å²) in [5.41, 5.74) is 2.55. The number of benzene rings is 1. The Morgan fingerprint density at radius 3 is 2.22 bits per heavy atom. The van der Waals surface area contributed by atoms with E-state index >= 15 is 0 Å². The summed E-state index contributed by atoms with van der Waals surface area (Å²) in [6.07, 6.45) is 0.956. The van der Waals surface area contributed by atoms with Gasteiger partial charge in [0.2, 0.25) is 10.0 Å². The average Bonchev–Trinajstić information content (AvgIpc) is 2.84. The number of rotatable bonds is 6. The Morgan fingerprint density at radius 2 is 1.78 bits per heavy atom. The van der Waals surface area contributed by atoms with E-state index in [-0.39, 0.29) is 16.9 Å². The summed E-state index contributed by atoms with van der Waals surface area (Å²) in [6, 6.07) is 7.74. The first-order valence-electron chi connectivity index (χ1n) is 7.80. The lowest BCUT2D eigenvalue weighted by molar-refractivity contribution is 0.390. The zero-order chi connectivity index (χ0) is 17.2.